The predicted octanol–water partition coefficient (Wildman–Crippen LogP) is 3.10. The van der Waals surface area contributed by atoms with E-state index in [-0.39, 0.29) is 11.9 Å². The maximum Gasteiger partial charge on any atom is 0.347 e. The van der Waals surface area contributed by atoms with Gasteiger partial charge in [0.15, 0.2) is 12.2 Å². The Bertz CT molecular complexity index is 643. The van der Waals surface area contributed by atoms with Crippen LogP contribution in [0.3, 0.4) is 0 Å². The number of ether oxygens (including phenoxy) is 2. The predicted molar refractivity (Wildman–Crippen MR) is 96.4 cm³/mol. The molecule has 2 atom stereocenters. The first-order valence-electron chi connectivity index (χ1n) is 9.17. The fourth-order valence-electron chi connectivity index (χ4n) is 2.93. The van der Waals surface area contributed by atoms with Gasteiger partial charge in [0, 0.05) is 6.04 Å². The lowest BCUT2D eigenvalue weighted by Gasteiger charge is -2.21. The van der Waals surface area contributed by atoms with Gasteiger partial charge in [0.2, 0.25) is 0 Å². The van der Waals surface area contributed by atoms with E-state index in [1.165, 1.54) is 12.8 Å². The molecule has 1 aromatic rings. The second kappa shape index (κ2) is 9.81. The van der Waals surface area contributed by atoms with Crippen molar-refractivity contribution >= 4 is 11.9 Å². The molecule has 0 heterocycles. The maximum atomic E-state index is 12.3. The SMILES string of the molecule is C[C@H](OC(=O)[C@H](C)Oc1ccc(C#N)cc1)C(=O)NC1CCCCCC1. The quantitative estimate of drug-likeness (QED) is 0.623. The minimum atomic E-state index is -0.863. The molecular weight excluding hydrogens is 332 g/mol. The average molecular weight is 358 g/mol. The van der Waals surface area contributed by atoms with Gasteiger partial charge in [-0.2, -0.15) is 5.26 Å². The van der Waals surface area contributed by atoms with Gasteiger partial charge in [-0.3, -0.25) is 4.79 Å². The van der Waals surface area contributed by atoms with E-state index in [1.54, 1.807) is 38.1 Å². The van der Waals surface area contributed by atoms with Gasteiger partial charge in [-0.25, -0.2) is 4.79 Å². The summed E-state index contributed by atoms with van der Waals surface area (Å²) in [6.45, 7) is 3.13. The van der Waals surface area contributed by atoms with Crippen LogP contribution >= 0.6 is 0 Å². The molecule has 1 aromatic carbocycles. The summed E-state index contributed by atoms with van der Waals surface area (Å²) in [6.07, 6.45) is 4.90. The Morgan fingerprint density at radius 1 is 1.08 bits per heavy atom. The zero-order chi connectivity index (χ0) is 18.9. The summed E-state index contributed by atoms with van der Waals surface area (Å²) in [6, 6.07) is 8.63. The summed E-state index contributed by atoms with van der Waals surface area (Å²) >= 11 is 0. The minimum Gasteiger partial charge on any atom is -0.479 e. The summed E-state index contributed by atoms with van der Waals surface area (Å²) in [5.74, 6) is -0.405. The number of rotatable bonds is 6. The second-order valence-electron chi connectivity index (χ2n) is 6.67. The van der Waals surface area contributed by atoms with Gasteiger partial charge < -0.3 is 14.8 Å². The minimum absolute atomic E-state index is 0.165. The number of benzene rings is 1. The van der Waals surface area contributed by atoms with Crippen molar-refractivity contribution in [2.75, 3.05) is 0 Å². The van der Waals surface area contributed by atoms with Gasteiger partial charge in [0.1, 0.15) is 5.75 Å². The smallest absolute Gasteiger partial charge is 0.347 e. The van der Waals surface area contributed by atoms with Crippen molar-refractivity contribution in [3.05, 3.63) is 29.8 Å². The molecule has 0 bridgehead atoms. The van der Waals surface area contributed by atoms with E-state index in [9.17, 15) is 9.59 Å². The molecule has 1 fully saturated rings. The third-order valence-corrected chi connectivity index (χ3v) is 4.49. The second-order valence-corrected chi connectivity index (χ2v) is 6.67. The first-order valence-corrected chi connectivity index (χ1v) is 9.17. The lowest BCUT2D eigenvalue weighted by atomic mass is 10.1. The van der Waals surface area contributed by atoms with Gasteiger partial charge in [-0.1, -0.05) is 25.7 Å². The highest BCUT2D eigenvalue weighted by atomic mass is 16.6. The van der Waals surface area contributed by atoms with Gasteiger partial charge in [0.25, 0.3) is 5.91 Å². The molecule has 2 rings (SSSR count). The Morgan fingerprint density at radius 3 is 2.27 bits per heavy atom. The van der Waals surface area contributed by atoms with Crippen molar-refractivity contribution in [2.24, 2.45) is 0 Å². The standard InChI is InChI=1S/C20H26N2O4/c1-14(19(23)22-17-7-5-3-4-6-8-17)26-20(24)15(2)25-18-11-9-16(13-21)10-12-18/h9-12,14-15,17H,3-8H2,1-2H3,(H,22,23)/t14-,15-/m0/s1. The zero-order valence-electron chi connectivity index (χ0n) is 15.4. The number of nitriles is 1. The van der Waals surface area contributed by atoms with Crippen LogP contribution in [-0.2, 0) is 14.3 Å². The van der Waals surface area contributed by atoms with E-state index in [2.05, 4.69) is 5.32 Å². The fourth-order valence-corrected chi connectivity index (χ4v) is 2.93. The number of nitrogens with zero attached hydrogens (tertiary/aromatic N) is 1. The molecule has 140 valence electrons. The molecular formula is C20H26N2O4. The summed E-state index contributed by atoms with van der Waals surface area (Å²) < 4.78 is 10.7. The molecule has 0 unspecified atom stereocenters. The first-order chi connectivity index (χ1) is 12.5. The molecule has 6 nitrogen and oxygen atoms in total. The number of carbonyl (C=O) groups excluding carboxylic acids is 2. The monoisotopic (exact) mass is 358 g/mol. The number of nitrogens with one attached hydrogen (secondary N) is 1. The van der Waals surface area contributed by atoms with Crippen molar-refractivity contribution < 1.29 is 19.1 Å². The van der Waals surface area contributed by atoms with E-state index in [1.807, 2.05) is 6.07 Å². The summed E-state index contributed by atoms with van der Waals surface area (Å²) in [4.78, 5) is 24.4. The summed E-state index contributed by atoms with van der Waals surface area (Å²) in [5, 5.41) is 11.8. The highest BCUT2D eigenvalue weighted by molar-refractivity contribution is 5.84. The molecule has 1 aliphatic rings. The number of esters is 1. The van der Waals surface area contributed by atoms with Crippen LogP contribution in [0.2, 0.25) is 0 Å². The first kappa shape index (κ1) is 19.8. The molecule has 6 heteroatoms. The van der Waals surface area contributed by atoms with Gasteiger partial charge in [0.05, 0.1) is 11.6 Å². The average Bonchev–Trinajstić information content (AvgIpc) is 2.90. The Labute approximate surface area is 154 Å². The summed E-state index contributed by atoms with van der Waals surface area (Å²) in [5.41, 5.74) is 0.511. The van der Waals surface area contributed by atoms with Gasteiger partial charge in [-0.15, -0.1) is 0 Å². The van der Waals surface area contributed by atoms with Gasteiger partial charge in [-0.05, 0) is 51.0 Å². The van der Waals surface area contributed by atoms with E-state index < -0.39 is 18.2 Å². The van der Waals surface area contributed by atoms with Crippen molar-refractivity contribution in [3.8, 4) is 11.8 Å². The molecule has 1 saturated carbocycles. The third-order valence-electron chi connectivity index (χ3n) is 4.49. The molecule has 0 spiro atoms. The molecule has 0 aliphatic heterocycles. The largest absolute Gasteiger partial charge is 0.479 e. The lowest BCUT2D eigenvalue weighted by molar-refractivity contribution is -0.161. The van der Waals surface area contributed by atoms with Crippen molar-refractivity contribution in [1.29, 1.82) is 5.26 Å². The van der Waals surface area contributed by atoms with Crippen LogP contribution in [0.5, 0.6) is 5.75 Å². The van der Waals surface area contributed by atoms with Gasteiger partial charge >= 0.3 is 5.97 Å². The van der Waals surface area contributed by atoms with Crippen LogP contribution in [0.15, 0.2) is 24.3 Å². The maximum absolute atomic E-state index is 12.3. The van der Waals surface area contributed by atoms with E-state index in [4.69, 9.17) is 14.7 Å². The molecule has 0 aromatic heterocycles. The Morgan fingerprint density at radius 2 is 1.69 bits per heavy atom. The molecule has 1 aliphatic carbocycles. The van der Waals surface area contributed by atoms with E-state index in [0.717, 1.165) is 25.7 Å². The van der Waals surface area contributed by atoms with E-state index in [0.29, 0.717) is 11.3 Å². The van der Waals surface area contributed by atoms with Crippen molar-refractivity contribution in [3.63, 3.8) is 0 Å². The van der Waals surface area contributed by atoms with Crippen LogP contribution in [0, 0.1) is 11.3 Å². The van der Waals surface area contributed by atoms with Crippen LogP contribution < -0.4 is 10.1 Å². The third kappa shape index (κ3) is 6.07. The topological polar surface area (TPSA) is 88.4 Å². The fraction of sp³-hybridized carbons (Fsp3) is 0.550. The summed E-state index contributed by atoms with van der Waals surface area (Å²) in [7, 11) is 0. The number of hydrogen-bond donors (Lipinski definition) is 1. The van der Waals surface area contributed by atoms with Crippen molar-refractivity contribution in [1.82, 2.24) is 5.32 Å². The van der Waals surface area contributed by atoms with Crippen LogP contribution in [-0.4, -0.2) is 30.1 Å². The van der Waals surface area contributed by atoms with Crippen LogP contribution in [0.4, 0.5) is 0 Å². The Kier molecular flexibility index (Phi) is 7.46. The molecule has 0 radical (unpaired) electrons. The zero-order valence-corrected chi connectivity index (χ0v) is 15.4. The van der Waals surface area contributed by atoms with E-state index >= 15 is 0 Å². The number of hydrogen-bond acceptors (Lipinski definition) is 5. The normalized spacial score (nSPS) is 17.3. The Balaban J connectivity index is 1.80. The highest BCUT2D eigenvalue weighted by Gasteiger charge is 2.25. The molecule has 26 heavy (non-hydrogen) atoms. The van der Waals surface area contributed by atoms with Crippen LogP contribution in [0.1, 0.15) is 57.9 Å². The van der Waals surface area contributed by atoms with Crippen molar-refractivity contribution in [2.45, 2.75) is 70.6 Å². The number of carbonyl (C=O) groups is 2. The Hall–Kier alpha value is -2.55. The van der Waals surface area contributed by atoms with Crippen LogP contribution in [0.25, 0.3) is 0 Å². The number of amides is 1. The molecule has 0 saturated heterocycles. The molecule has 1 amide bonds. The lowest BCUT2D eigenvalue weighted by Crippen LogP contribution is -2.43. The molecule has 1 N–H and O–H groups in total. The highest BCUT2D eigenvalue weighted by Crippen LogP contribution is 2.18.